The third-order valence-electron chi connectivity index (χ3n) is 5.15. The number of likely N-dealkylation sites (tertiary alicyclic amines) is 2. The van der Waals surface area contributed by atoms with E-state index < -0.39 is 6.10 Å². The molecule has 4 nitrogen and oxygen atoms in total. The molecule has 3 rings (SSSR count). The van der Waals surface area contributed by atoms with Gasteiger partial charge in [-0.3, -0.25) is 0 Å². The van der Waals surface area contributed by atoms with Crippen LogP contribution in [-0.2, 0) is 0 Å². The summed E-state index contributed by atoms with van der Waals surface area (Å²) in [6, 6.07) is 8.76. The zero-order valence-corrected chi connectivity index (χ0v) is 14.3. The number of aryl methyl sites for hydroxylation is 1. The number of rotatable bonds is 6. The molecule has 4 heteroatoms. The molecule has 1 aromatic rings. The average Bonchev–Trinajstić information content (AvgIpc) is 3.09. The number of hydrogen-bond donors (Lipinski definition) is 1. The number of aliphatic hydroxyl groups excluding tert-OH is 1. The van der Waals surface area contributed by atoms with Crippen molar-refractivity contribution in [2.75, 3.05) is 39.3 Å². The zero-order valence-electron chi connectivity index (χ0n) is 14.3. The van der Waals surface area contributed by atoms with Crippen LogP contribution in [0.1, 0.15) is 31.2 Å². The van der Waals surface area contributed by atoms with Crippen molar-refractivity contribution in [3.05, 3.63) is 29.8 Å². The second-order valence-electron chi connectivity index (χ2n) is 7.05. The minimum Gasteiger partial charge on any atom is -0.491 e. The van der Waals surface area contributed by atoms with E-state index in [-0.39, 0.29) is 0 Å². The van der Waals surface area contributed by atoms with Crippen LogP contribution in [0.15, 0.2) is 24.3 Å². The maximum Gasteiger partial charge on any atom is 0.119 e. The lowest BCUT2D eigenvalue weighted by atomic mass is 10.0. The van der Waals surface area contributed by atoms with Crippen LogP contribution in [0.5, 0.6) is 5.75 Å². The van der Waals surface area contributed by atoms with E-state index in [1.165, 1.54) is 44.3 Å². The highest BCUT2D eigenvalue weighted by Crippen LogP contribution is 2.21. The molecule has 0 aliphatic carbocycles. The summed E-state index contributed by atoms with van der Waals surface area (Å²) >= 11 is 0. The predicted octanol–water partition coefficient (Wildman–Crippen LogP) is 2.29. The van der Waals surface area contributed by atoms with Gasteiger partial charge in [-0.15, -0.1) is 0 Å². The second kappa shape index (κ2) is 8.13. The highest BCUT2D eigenvalue weighted by molar-refractivity contribution is 5.26. The minimum absolute atomic E-state index is 0.370. The first-order valence-electron chi connectivity index (χ1n) is 9.04. The van der Waals surface area contributed by atoms with Crippen molar-refractivity contribution in [1.29, 1.82) is 0 Å². The Morgan fingerprint density at radius 2 is 1.74 bits per heavy atom. The number of aliphatic hydroxyl groups is 1. The van der Waals surface area contributed by atoms with Gasteiger partial charge >= 0.3 is 0 Å². The summed E-state index contributed by atoms with van der Waals surface area (Å²) in [5.41, 5.74) is 1.22. The van der Waals surface area contributed by atoms with Gasteiger partial charge < -0.3 is 19.6 Å². The molecule has 128 valence electrons. The molecule has 1 atom stereocenters. The number of piperidine rings is 1. The Bertz CT molecular complexity index is 463. The lowest BCUT2D eigenvalue weighted by molar-refractivity contribution is 0.0476. The van der Waals surface area contributed by atoms with Crippen LogP contribution in [0.4, 0.5) is 0 Å². The first-order valence-corrected chi connectivity index (χ1v) is 9.04. The quantitative estimate of drug-likeness (QED) is 0.873. The van der Waals surface area contributed by atoms with Crippen molar-refractivity contribution in [3.8, 4) is 5.75 Å². The molecular formula is C19H30N2O2. The summed E-state index contributed by atoms with van der Waals surface area (Å²) in [6.07, 6.45) is 4.81. The highest BCUT2D eigenvalue weighted by atomic mass is 16.5. The SMILES string of the molecule is Cc1ccc(OC[C@H](O)CN2CCC(N3CCCC3)CC2)cc1. The standard InChI is InChI=1S/C19H30N2O2/c1-16-4-6-19(7-5-16)23-15-18(22)14-20-12-8-17(9-13-20)21-10-2-3-11-21/h4-7,17-18,22H,2-3,8-15H2,1H3/t18-/m1/s1. The Morgan fingerprint density at radius 3 is 2.39 bits per heavy atom. The van der Waals surface area contributed by atoms with Gasteiger partial charge in [-0.05, 0) is 70.9 Å². The molecule has 0 unspecified atom stereocenters. The topological polar surface area (TPSA) is 35.9 Å². The van der Waals surface area contributed by atoms with Crippen molar-refractivity contribution in [3.63, 3.8) is 0 Å². The van der Waals surface area contributed by atoms with Crippen LogP contribution >= 0.6 is 0 Å². The third kappa shape index (κ3) is 4.93. The van der Waals surface area contributed by atoms with Crippen molar-refractivity contribution in [2.24, 2.45) is 0 Å². The van der Waals surface area contributed by atoms with E-state index in [2.05, 4.69) is 16.7 Å². The first-order chi connectivity index (χ1) is 11.2. The zero-order chi connectivity index (χ0) is 16.1. The Balaban J connectivity index is 1.35. The van der Waals surface area contributed by atoms with E-state index in [9.17, 15) is 5.11 Å². The summed E-state index contributed by atoms with van der Waals surface area (Å²) in [6.45, 7) is 7.93. The number of hydrogen-bond acceptors (Lipinski definition) is 4. The van der Waals surface area contributed by atoms with Crippen LogP contribution in [-0.4, -0.2) is 66.4 Å². The maximum absolute atomic E-state index is 10.2. The fourth-order valence-electron chi connectivity index (χ4n) is 3.75. The van der Waals surface area contributed by atoms with Gasteiger partial charge in [-0.2, -0.15) is 0 Å². The van der Waals surface area contributed by atoms with Gasteiger partial charge in [0.2, 0.25) is 0 Å². The van der Waals surface area contributed by atoms with E-state index in [4.69, 9.17) is 4.74 Å². The average molecular weight is 318 g/mol. The third-order valence-corrected chi connectivity index (χ3v) is 5.15. The molecule has 2 aliphatic rings. The Kier molecular flexibility index (Phi) is 5.92. The van der Waals surface area contributed by atoms with Crippen molar-refractivity contribution in [1.82, 2.24) is 9.80 Å². The van der Waals surface area contributed by atoms with Gasteiger partial charge in [-0.1, -0.05) is 17.7 Å². The molecule has 23 heavy (non-hydrogen) atoms. The molecule has 0 amide bonds. The molecule has 2 fully saturated rings. The summed E-state index contributed by atoms with van der Waals surface area (Å²) in [5, 5.41) is 10.2. The van der Waals surface area contributed by atoms with Crippen molar-refractivity contribution >= 4 is 0 Å². The summed E-state index contributed by atoms with van der Waals surface area (Å²) in [5.74, 6) is 0.836. The van der Waals surface area contributed by atoms with Gasteiger partial charge in [0.1, 0.15) is 18.5 Å². The molecule has 1 aromatic carbocycles. The Morgan fingerprint density at radius 1 is 1.09 bits per heavy atom. The molecule has 2 heterocycles. The molecule has 0 aromatic heterocycles. The van der Waals surface area contributed by atoms with Gasteiger partial charge in [0.25, 0.3) is 0 Å². The molecular weight excluding hydrogens is 288 g/mol. The van der Waals surface area contributed by atoms with E-state index in [0.717, 1.165) is 31.4 Å². The van der Waals surface area contributed by atoms with Crippen LogP contribution in [0, 0.1) is 6.92 Å². The second-order valence-corrected chi connectivity index (χ2v) is 7.05. The number of ether oxygens (including phenoxy) is 1. The Hall–Kier alpha value is -1.10. The molecule has 2 aliphatic heterocycles. The van der Waals surface area contributed by atoms with Crippen LogP contribution in [0.25, 0.3) is 0 Å². The number of nitrogens with zero attached hydrogens (tertiary/aromatic N) is 2. The van der Waals surface area contributed by atoms with Crippen molar-refractivity contribution in [2.45, 2.75) is 44.8 Å². The van der Waals surface area contributed by atoms with Crippen LogP contribution in [0.2, 0.25) is 0 Å². The number of β-amino-alcohol motifs (C(OH)–C–C–N with tert-alkyl or cyclic N) is 1. The molecule has 0 bridgehead atoms. The normalized spacial score (nSPS) is 22.3. The van der Waals surface area contributed by atoms with Gasteiger partial charge in [-0.25, -0.2) is 0 Å². The summed E-state index contributed by atoms with van der Waals surface area (Å²) in [7, 11) is 0. The van der Waals surface area contributed by atoms with Crippen LogP contribution in [0.3, 0.4) is 0 Å². The molecule has 1 N–H and O–H groups in total. The van der Waals surface area contributed by atoms with Gasteiger partial charge in [0.15, 0.2) is 0 Å². The fraction of sp³-hybridized carbons (Fsp3) is 0.684. The van der Waals surface area contributed by atoms with Crippen LogP contribution < -0.4 is 4.74 Å². The smallest absolute Gasteiger partial charge is 0.119 e. The highest BCUT2D eigenvalue weighted by Gasteiger charge is 2.27. The van der Waals surface area contributed by atoms with E-state index >= 15 is 0 Å². The number of benzene rings is 1. The fourth-order valence-corrected chi connectivity index (χ4v) is 3.75. The predicted molar refractivity (Wildman–Crippen MR) is 92.9 cm³/mol. The molecule has 0 radical (unpaired) electrons. The lowest BCUT2D eigenvalue weighted by Crippen LogP contribution is -2.46. The van der Waals surface area contributed by atoms with E-state index in [1.54, 1.807) is 0 Å². The maximum atomic E-state index is 10.2. The molecule has 0 spiro atoms. The van der Waals surface area contributed by atoms with Gasteiger partial charge in [0, 0.05) is 12.6 Å². The largest absolute Gasteiger partial charge is 0.491 e. The van der Waals surface area contributed by atoms with Crippen molar-refractivity contribution < 1.29 is 9.84 Å². The summed E-state index contributed by atoms with van der Waals surface area (Å²) < 4.78 is 5.68. The van der Waals surface area contributed by atoms with E-state index in [1.807, 2.05) is 24.3 Å². The monoisotopic (exact) mass is 318 g/mol. The Labute approximate surface area is 140 Å². The minimum atomic E-state index is -0.417. The summed E-state index contributed by atoms with van der Waals surface area (Å²) in [4.78, 5) is 5.05. The first kappa shape index (κ1) is 16.7. The lowest BCUT2D eigenvalue weighted by Gasteiger charge is -2.37. The van der Waals surface area contributed by atoms with E-state index in [0.29, 0.717) is 6.61 Å². The molecule has 2 saturated heterocycles. The molecule has 0 saturated carbocycles. The van der Waals surface area contributed by atoms with Gasteiger partial charge in [0.05, 0.1) is 0 Å².